The van der Waals surface area contributed by atoms with Crippen molar-refractivity contribution in [2.45, 2.75) is 38.3 Å². The predicted octanol–water partition coefficient (Wildman–Crippen LogP) is 2.32. The van der Waals surface area contributed by atoms with Crippen molar-refractivity contribution in [2.24, 2.45) is 0 Å². The summed E-state index contributed by atoms with van der Waals surface area (Å²) in [4.78, 5) is 25.7. The third kappa shape index (κ3) is 3.99. The average molecular weight is 326 g/mol. The van der Waals surface area contributed by atoms with Crippen LogP contribution in [0.3, 0.4) is 0 Å². The van der Waals surface area contributed by atoms with Crippen LogP contribution >= 0.6 is 11.6 Å². The number of hydrogen-bond donors (Lipinski definition) is 1. The molecule has 1 heterocycles. The highest BCUT2D eigenvalue weighted by molar-refractivity contribution is 6.30. The van der Waals surface area contributed by atoms with Crippen LogP contribution in [0.1, 0.15) is 37.9 Å². The summed E-state index contributed by atoms with van der Waals surface area (Å²) in [6.45, 7) is 2.56. The number of ether oxygens (including phenoxy) is 1. The topological polar surface area (TPSA) is 66.8 Å². The molecule has 1 saturated heterocycles. The summed E-state index contributed by atoms with van der Waals surface area (Å²) in [5, 5.41) is 10.7. The summed E-state index contributed by atoms with van der Waals surface area (Å²) < 4.78 is 5.00. The normalized spacial score (nSPS) is 19.0. The molecule has 0 aliphatic carbocycles. The molecule has 1 amide bonds. The minimum atomic E-state index is -0.909. The standard InChI is InChI=1S/C16H20ClNO4/c1-2-22-16(21)13-4-3-9-18(13)15(20)10-14(19)11-5-7-12(17)8-6-11/h5-8,13-14,19H,2-4,9-10H2,1H3/t13-,14?/m1/s1. The summed E-state index contributed by atoms with van der Waals surface area (Å²) in [7, 11) is 0. The van der Waals surface area contributed by atoms with E-state index < -0.39 is 12.1 Å². The highest BCUT2D eigenvalue weighted by Crippen LogP contribution is 2.24. The zero-order valence-electron chi connectivity index (χ0n) is 12.5. The summed E-state index contributed by atoms with van der Waals surface area (Å²) in [6.07, 6.45) is 0.416. The SMILES string of the molecule is CCOC(=O)[C@H]1CCCN1C(=O)CC(O)c1ccc(Cl)cc1. The predicted molar refractivity (Wildman–Crippen MR) is 82.4 cm³/mol. The average Bonchev–Trinajstić information content (AvgIpc) is 2.97. The Bertz CT molecular complexity index is 531. The summed E-state index contributed by atoms with van der Waals surface area (Å²) in [6, 6.07) is 6.19. The van der Waals surface area contributed by atoms with E-state index in [4.69, 9.17) is 16.3 Å². The van der Waals surface area contributed by atoms with Gasteiger partial charge in [-0.3, -0.25) is 4.79 Å². The fourth-order valence-electron chi connectivity index (χ4n) is 2.63. The van der Waals surface area contributed by atoms with E-state index in [1.165, 1.54) is 4.90 Å². The lowest BCUT2D eigenvalue weighted by Gasteiger charge is -2.24. The molecule has 22 heavy (non-hydrogen) atoms. The molecule has 2 rings (SSSR count). The third-order valence-electron chi connectivity index (χ3n) is 3.75. The van der Waals surface area contributed by atoms with Gasteiger partial charge in [-0.05, 0) is 37.5 Å². The number of nitrogens with zero attached hydrogens (tertiary/aromatic N) is 1. The van der Waals surface area contributed by atoms with Crippen molar-refractivity contribution in [3.05, 3.63) is 34.9 Å². The molecule has 0 saturated carbocycles. The molecule has 5 nitrogen and oxygen atoms in total. The van der Waals surface area contributed by atoms with Crippen LogP contribution in [0.25, 0.3) is 0 Å². The largest absolute Gasteiger partial charge is 0.464 e. The molecule has 0 bridgehead atoms. The molecule has 1 unspecified atom stereocenters. The number of carbonyl (C=O) groups excluding carboxylic acids is 2. The number of benzene rings is 1. The van der Waals surface area contributed by atoms with Crippen LogP contribution < -0.4 is 0 Å². The molecule has 1 fully saturated rings. The number of likely N-dealkylation sites (tertiary alicyclic amines) is 1. The number of hydrogen-bond acceptors (Lipinski definition) is 4. The lowest BCUT2D eigenvalue weighted by Crippen LogP contribution is -2.41. The van der Waals surface area contributed by atoms with Gasteiger partial charge in [0, 0.05) is 11.6 Å². The van der Waals surface area contributed by atoms with E-state index in [9.17, 15) is 14.7 Å². The smallest absolute Gasteiger partial charge is 0.328 e. The molecule has 0 radical (unpaired) electrons. The summed E-state index contributed by atoms with van der Waals surface area (Å²) in [5.74, 6) is -0.604. The van der Waals surface area contributed by atoms with Gasteiger partial charge in [-0.2, -0.15) is 0 Å². The van der Waals surface area contributed by atoms with Gasteiger partial charge in [-0.15, -0.1) is 0 Å². The van der Waals surface area contributed by atoms with Crippen LogP contribution in [0.2, 0.25) is 5.02 Å². The van der Waals surface area contributed by atoms with E-state index >= 15 is 0 Å². The number of halogens is 1. The van der Waals surface area contributed by atoms with E-state index in [-0.39, 0.29) is 18.3 Å². The molecule has 1 aliphatic heterocycles. The second-order valence-corrected chi connectivity index (χ2v) is 5.71. The lowest BCUT2D eigenvalue weighted by molar-refractivity contribution is -0.153. The van der Waals surface area contributed by atoms with E-state index in [0.717, 1.165) is 6.42 Å². The van der Waals surface area contributed by atoms with Crippen molar-refractivity contribution in [3.8, 4) is 0 Å². The molecule has 0 aromatic heterocycles. The Labute approximate surface area is 134 Å². The molecule has 2 atom stereocenters. The minimum absolute atomic E-state index is 0.0580. The summed E-state index contributed by atoms with van der Waals surface area (Å²) >= 11 is 5.80. The van der Waals surface area contributed by atoms with Crippen molar-refractivity contribution in [2.75, 3.05) is 13.2 Å². The number of rotatable bonds is 5. The second-order valence-electron chi connectivity index (χ2n) is 5.27. The van der Waals surface area contributed by atoms with Crippen molar-refractivity contribution in [3.63, 3.8) is 0 Å². The molecule has 0 spiro atoms. The lowest BCUT2D eigenvalue weighted by atomic mass is 10.1. The first kappa shape index (κ1) is 16.8. The molecular formula is C16H20ClNO4. The highest BCUT2D eigenvalue weighted by Gasteiger charge is 2.35. The van der Waals surface area contributed by atoms with Crippen molar-refractivity contribution >= 4 is 23.5 Å². The maximum Gasteiger partial charge on any atom is 0.328 e. The number of aliphatic hydroxyl groups excluding tert-OH is 1. The summed E-state index contributed by atoms with van der Waals surface area (Å²) in [5.41, 5.74) is 0.629. The van der Waals surface area contributed by atoms with Gasteiger partial charge in [-0.25, -0.2) is 4.79 Å². The van der Waals surface area contributed by atoms with Crippen LogP contribution in [0, 0.1) is 0 Å². The van der Waals surface area contributed by atoms with Gasteiger partial charge >= 0.3 is 5.97 Å². The number of esters is 1. The van der Waals surface area contributed by atoms with E-state index in [2.05, 4.69) is 0 Å². The number of carbonyl (C=O) groups is 2. The molecule has 1 aromatic carbocycles. The van der Waals surface area contributed by atoms with E-state index in [1.807, 2.05) is 0 Å². The van der Waals surface area contributed by atoms with Gasteiger partial charge in [0.25, 0.3) is 0 Å². The van der Waals surface area contributed by atoms with Crippen molar-refractivity contribution in [1.82, 2.24) is 4.90 Å². The highest BCUT2D eigenvalue weighted by atomic mass is 35.5. The molecule has 1 N–H and O–H groups in total. The first-order valence-corrected chi connectivity index (χ1v) is 7.80. The Hall–Kier alpha value is -1.59. The minimum Gasteiger partial charge on any atom is -0.464 e. The van der Waals surface area contributed by atoms with Gasteiger partial charge < -0.3 is 14.7 Å². The maximum absolute atomic E-state index is 12.3. The Morgan fingerprint density at radius 3 is 2.73 bits per heavy atom. The quantitative estimate of drug-likeness (QED) is 0.844. The first-order chi connectivity index (χ1) is 10.5. The molecule has 1 aromatic rings. The van der Waals surface area contributed by atoms with Gasteiger partial charge in [0.15, 0.2) is 0 Å². The molecule has 1 aliphatic rings. The van der Waals surface area contributed by atoms with Crippen molar-refractivity contribution < 1.29 is 19.4 Å². The number of aliphatic hydroxyl groups is 1. The Morgan fingerprint density at radius 2 is 2.09 bits per heavy atom. The molecule has 120 valence electrons. The van der Waals surface area contributed by atoms with Gasteiger partial charge in [0.05, 0.1) is 19.1 Å². The van der Waals surface area contributed by atoms with Gasteiger partial charge in [0.1, 0.15) is 6.04 Å². The fraction of sp³-hybridized carbons (Fsp3) is 0.500. The molecule has 6 heteroatoms. The van der Waals surface area contributed by atoms with Crippen LogP contribution in [0.15, 0.2) is 24.3 Å². The maximum atomic E-state index is 12.3. The Morgan fingerprint density at radius 1 is 1.41 bits per heavy atom. The van der Waals surface area contributed by atoms with Gasteiger partial charge in [-0.1, -0.05) is 23.7 Å². The fourth-order valence-corrected chi connectivity index (χ4v) is 2.76. The Balaban J connectivity index is 1.98. The zero-order valence-corrected chi connectivity index (χ0v) is 13.3. The second kappa shape index (κ2) is 7.61. The first-order valence-electron chi connectivity index (χ1n) is 7.42. The monoisotopic (exact) mass is 325 g/mol. The Kier molecular flexibility index (Phi) is 5.80. The van der Waals surface area contributed by atoms with Crippen LogP contribution in [-0.2, 0) is 14.3 Å². The molecular weight excluding hydrogens is 306 g/mol. The third-order valence-corrected chi connectivity index (χ3v) is 4.01. The van der Waals surface area contributed by atoms with Crippen LogP contribution in [-0.4, -0.2) is 41.1 Å². The van der Waals surface area contributed by atoms with E-state index in [1.54, 1.807) is 31.2 Å². The van der Waals surface area contributed by atoms with E-state index in [0.29, 0.717) is 30.2 Å². The van der Waals surface area contributed by atoms with Gasteiger partial charge in [0.2, 0.25) is 5.91 Å². The van der Waals surface area contributed by atoms with Crippen LogP contribution in [0.5, 0.6) is 0 Å². The van der Waals surface area contributed by atoms with Crippen LogP contribution in [0.4, 0.5) is 0 Å². The number of amides is 1. The zero-order chi connectivity index (χ0) is 16.1. The van der Waals surface area contributed by atoms with Crippen molar-refractivity contribution in [1.29, 1.82) is 0 Å².